The number of allylic oxidation sites excluding steroid dienone is 4. The van der Waals surface area contributed by atoms with Crippen LogP contribution in [-0.2, 0) is 0 Å². The molecule has 2 rings (SSSR count). The van der Waals surface area contributed by atoms with E-state index in [-0.39, 0.29) is 5.41 Å². The van der Waals surface area contributed by atoms with Crippen LogP contribution in [0.4, 0.5) is 0 Å². The standard InChI is InChI=1S/C12H16N2O.3C2H6/c1-3-10-9(2)12(8-11(10)14-15)4-6-13-7-5-12;3*1-2/h3-4,6,13,15H,1,5,7-8H2,2H3;3*1-2H3/b14-11+;;;. The predicted molar refractivity (Wildman–Crippen MR) is 95.0 cm³/mol. The van der Waals surface area contributed by atoms with Gasteiger partial charge in [-0.1, -0.05) is 71.0 Å². The molecule has 2 aliphatic rings. The molecule has 0 saturated heterocycles. The Hall–Kier alpha value is -1.51. The van der Waals surface area contributed by atoms with E-state index < -0.39 is 0 Å². The van der Waals surface area contributed by atoms with Gasteiger partial charge in [-0.3, -0.25) is 0 Å². The zero-order chi connectivity index (χ0) is 16.9. The highest BCUT2D eigenvalue weighted by atomic mass is 16.4. The highest BCUT2D eigenvalue weighted by Crippen LogP contribution is 2.46. The summed E-state index contributed by atoms with van der Waals surface area (Å²) in [7, 11) is 0. The van der Waals surface area contributed by atoms with Crippen LogP contribution in [0.25, 0.3) is 0 Å². The minimum absolute atomic E-state index is 0.0519. The first-order valence-corrected chi connectivity index (χ1v) is 8.20. The lowest BCUT2D eigenvalue weighted by atomic mass is 9.77. The van der Waals surface area contributed by atoms with Gasteiger partial charge in [0.25, 0.3) is 0 Å². The Morgan fingerprint density at radius 1 is 1.24 bits per heavy atom. The molecule has 0 aromatic rings. The van der Waals surface area contributed by atoms with Gasteiger partial charge in [0, 0.05) is 18.4 Å². The van der Waals surface area contributed by atoms with Crippen molar-refractivity contribution in [1.82, 2.24) is 5.32 Å². The largest absolute Gasteiger partial charge is 0.411 e. The minimum atomic E-state index is 0.0519. The number of nitrogens with one attached hydrogen (secondary N) is 1. The highest BCUT2D eigenvalue weighted by molar-refractivity contribution is 6.06. The van der Waals surface area contributed by atoms with Crippen LogP contribution in [0.5, 0.6) is 0 Å². The molecule has 21 heavy (non-hydrogen) atoms. The molecule has 0 aromatic heterocycles. The average Bonchev–Trinajstić information content (AvgIpc) is 2.85. The molecule has 0 saturated carbocycles. The van der Waals surface area contributed by atoms with E-state index in [1.807, 2.05) is 47.7 Å². The van der Waals surface area contributed by atoms with Gasteiger partial charge in [-0.05, 0) is 25.1 Å². The first kappa shape index (κ1) is 21.8. The van der Waals surface area contributed by atoms with Crippen molar-refractivity contribution < 1.29 is 5.21 Å². The normalized spacial score (nSPS) is 24.0. The Balaban J connectivity index is 0. The van der Waals surface area contributed by atoms with Gasteiger partial charge in [-0.25, -0.2) is 0 Å². The summed E-state index contributed by atoms with van der Waals surface area (Å²) in [5, 5.41) is 15.5. The van der Waals surface area contributed by atoms with Crippen molar-refractivity contribution >= 4 is 5.71 Å². The lowest BCUT2D eigenvalue weighted by molar-refractivity contribution is 0.315. The zero-order valence-corrected chi connectivity index (χ0v) is 15.0. The summed E-state index contributed by atoms with van der Waals surface area (Å²) in [6, 6.07) is 0. The van der Waals surface area contributed by atoms with E-state index in [9.17, 15) is 0 Å². The van der Waals surface area contributed by atoms with Crippen molar-refractivity contribution in [3.05, 3.63) is 36.1 Å². The fourth-order valence-electron chi connectivity index (χ4n) is 2.51. The maximum absolute atomic E-state index is 8.97. The number of rotatable bonds is 1. The van der Waals surface area contributed by atoms with Crippen molar-refractivity contribution in [1.29, 1.82) is 0 Å². The summed E-state index contributed by atoms with van der Waals surface area (Å²) in [6.45, 7) is 18.9. The van der Waals surface area contributed by atoms with Gasteiger partial charge in [-0.2, -0.15) is 0 Å². The van der Waals surface area contributed by atoms with Gasteiger partial charge in [0.15, 0.2) is 0 Å². The van der Waals surface area contributed by atoms with Crippen molar-refractivity contribution in [3.63, 3.8) is 0 Å². The lowest BCUT2D eigenvalue weighted by Gasteiger charge is -2.30. The molecule has 1 heterocycles. The predicted octanol–water partition coefficient (Wildman–Crippen LogP) is 5.29. The molecule has 0 bridgehead atoms. The molecule has 1 aliphatic carbocycles. The van der Waals surface area contributed by atoms with Gasteiger partial charge >= 0.3 is 0 Å². The fourth-order valence-corrected chi connectivity index (χ4v) is 2.51. The summed E-state index contributed by atoms with van der Waals surface area (Å²) in [5.74, 6) is 0. The molecule has 1 atom stereocenters. The van der Waals surface area contributed by atoms with Crippen LogP contribution in [0.15, 0.2) is 41.2 Å². The second-order valence-electron chi connectivity index (χ2n) is 4.16. The Labute approximate surface area is 131 Å². The third kappa shape index (κ3) is 5.07. The first-order chi connectivity index (χ1) is 10.2. The molecule has 0 radical (unpaired) electrons. The molecule has 0 amide bonds. The maximum atomic E-state index is 8.97. The number of hydrogen-bond acceptors (Lipinski definition) is 3. The van der Waals surface area contributed by atoms with Gasteiger partial charge in [-0.15, -0.1) is 0 Å². The van der Waals surface area contributed by atoms with E-state index in [1.54, 1.807) is 6.08 Å². The van der Waals surface area contributed by atoms with E-state index >= 15 is 0 Å². The van der Waals surface area contributed by atoms with Crippen LogP contribution >= 0.6 is 0 Å². The van der Waals surface area contributed by atoms with E-state index in [1.165, 1.54) is 5.57 Å². The monoisotopic (exact) mass is 294 g/mol. The summed E-state index contributed by atoms with van der Waals surface area (Å²) >= 11 is 0. The Morgan fingerprint density at radius 2 is 1.81 bits per heavy atom. The average molecular weight is 294 g/mol. The van der Waals surface area contributed by atoms with Crippen LogP contribution in [0.2, 0.25) is 0 Å². The molecular formula is C18H34N2O. The van der Waals surface area contributed by atoms with E-state index in [0.29, 0.717) is 0 Å². The molecular weight excluding hydrogens is 260 g/mol. The molecule has 3 nitrogen and oxygen atoms in total. The summed E-state index contributed by atoms with van der Waals surface area (Å²) in [4.78, 5) is 0. The third-order valence-corrected chi connectivity index (χ3v) is 3.51. The van der Waals surface area contributed by atoms with E-state index in [0.717, 1.165) is 30.7 Å². The topological polar surface area (TPSA) is 44.6 Å². The molecule has 1 aliphatic heterocycles. The van der Waals surface area contributed by atoms with Gasteiger partial charge < -0.3 is 10.5 Å². The zero-order valence-electron chi connectivity index (χ0n) is 15.0. The SMILES string of the molecule is C=CC1=C(C)C2(C=CNCC2)C/C1=N\O.CC.CC.CC. The van der Waals surface area contributed by atoms with Gasteiger partial charge in [0.1, 0.15) is 0 Å². The minimum Gasteiger partial charge on any atom is -0.411 e. The van der Waals surface area contributed by atoms with Crippen molar-refractivity contribution in [2.75, 3.05) is 6.54 Å². The summed E-state index contributed by atoms with van der Waals surface area (Å²) < 4.78 is 0. The maximum Gasteiger partial charge on any atom is 0.0879 e. The summed E-state index contributed by atoms with van der Waals surface area (Å²) in [5.41, 5.74) is 3.08. The Morgan fingerprint density at radius 3 is 2.14 bits per heavy atom. The van der Waals surface area contributed by atoms with Crippen molar-refractivity contribution in [2.24, 2.45) is 10.6 Å². The van der Waals surface area contributed by atoms with Crippen LogP contribution in [0.1, 0.15) is 61.3 Å². The molecule has 1 unspecified atom stereocenters. The molecule has 0 aromatic carbocycles. The quantitative estimate of drug-likeness (QED) is 0.509. The van der Waals surface area contributed by atoms with Crippen LogP contribution in [0, 0.1) is 5.41 Å². The molecule has 1 spiro atoms. The van der Waals surface area contributed by atoms with E-state index in [2.05, 4.69) is 30.1 Å². The van der Waals surface area contributed by atoms with Gasteiger partial charge in [0.2, 0.25) is 0 Å². The van der Waals surface area contributed by atoms with Crippen molar-refractivity contribution in [2.45, 2.75) is 61.3 Å². The molecule has 2 N–H and O–H groups in total. The number of hydrogen-bond donors (Lipinski definition) is 2. The fraction of sp³-hybridized carbons (Fsp3) is 0.611. The third-order valence-electron chi connectivity index (χ3n) is 3.51. The smallest absolute Gasteiger partial charge is 0.0879 e. The second kappa shape index (κ2) is 12.2. The van der Waals surface area contributed by atoms with Gasteiger partial charge in [0.05, 0.1) is 5.71 Å². The van der Waals surface area contributed by atoms with Crippen LogP contribution < -0.4 is 5.32 Å². The van der Waals surface area contributed by atoms with Crippen molar-refractivity contribution in [3.8, 4) is 0 Å². The van der Waals surface area contributed by atoms with Crippen LogP contribution in [0.3, 0.4) is 0 Å². The second-order valence-corrected chi connectivity index (χ2v) is 4.16. The number of nitrogens with zero attached hydrogens (tertiary/aromatic N) is 1. The van der Waals surface area contributed by atoms with Crippen LogP contribution in [-0.4, -0.2) is 17.5 Å². The Kier molecular flexibility index (Phi) is 12.7. The summed E-state index contributed by atoms with van der Waals surface area (Å²) in [6.07, 6.45) is 7.79. The molecule has 3 heteroatoms. The highest BCUT2D eigenvalue weighted by Gasteiger charge is 2.40. The first-order valence-electron chi connectivity index (χ1n) is 8.20. The van der Waals surface area contributed by atoms with E-state index in [4.69, 9.17) is 5.21 Å². The molecule has 0 fully saturated rings. The lowest BCUT2D eigenvalue weighted by Crippen LogP contribution is -2.28. The number of oxime groups is 1. The molecule has 122 valence electrons. The Bertz CT molecular complexity index is 381.